The van der Waals surface area contributed by atoms with Crippen LogP contribution in [0.1, 0.15) is 57.8 Å². The van der Waals surface area contributed by atoms with Crippen LogP contribution in [0.2, 0.25) is 0 Å². The summed E-state index contributed by atoms with van der Waals surface area (Å²) in [7, 11) is 0. The van der Waals surface area contributed by atoms with Gasteiger partial charge in [-0.2, -0.15) is 5.10 Å². The Labute approximate surface area is 136 Å². The van der Waals surface area contributed by atoms with Crippen molar-refractivity contribution in [2.45, 2.75) is 71.5 Å². The van der Waals surface area contributed by atoms with Gasteiger partial charge in [-0.3, -0.25) is 4.68 Å². The monoisotopic (exact) mass is 357 g/mol. The van der Waals surface area contributed by atoms with Gasteiger partial charge in [0.25, 0.3) is 0 Å². The average Bonchev–Trinajstić information content (AvgIpc) is 2.80. The highest BCUT2D eigenvalue weighted by atomic mass is 79.9. The molecule has 5 heteroatoms. The molecule has 1 aromatic rings. The number of halogens is 1. The Balaban J connectivity index is 2.12. The van der Waals surface area contributed by atoms with Gasteiger partial charge in [-0.25, -0.2) is 0 Å². The maximum absolute atomic E-state index is 9.89. The molecule has 1 saturated carbocycles. The summed E-state index contributed by atoms with van der Waals surface area (Å²) in [5.41, 5.74) is 2.19. The summed E-state index contributed by atoms with van der Waals surface area (Å²) >= 11 is 3.69. The molecule has 0 spiro atoms. The van der Waals surface area contributed by atoms with E-state index in [2.05, 4.69) is 51.8 Å². The van der Waals surface area contributed by atoms with Crippen molar-refractivity contribution < 1.29 is 5.11 Å². The van der Waals surface area contributed by atoms with E-state index in [1.54, 1.807) is 0 Å². The molecule has 0 aromatic carbocycles. The van der Waals surface area contributed by atoms with Gasteiger partial charge in [0.15, 0.2) is 0 Å². The zero-order chi connectivity index (χ0) is 15.5. The van der Waals surface area contributed by atoms with Crippen LogP contribution in [0.4, 0.5) is 0 Å². The van der Waals surface area contributed by atoms with Gasteiger partial charge in [0.05, 0.1) is 22.5 Å². The lowest BCUT2D eigenvalue weighted by Crippen LogP contribution is -2.51. The third-order valence-electron chi connectivity index (χ3n) is 4.72. The first kappa shape index (κ1) is 17.0. The number of nitrogens with one attached hydrogen (secondary N) is 1. The lowest BCUT2D eigenvalue weighted by molar-refractivity contribution is 0.0974. The molecule has 0 bridgehead atoms. The molecule has 2 atom stereocenters. The lowest BCUT2D eigenvalue weighted by atomic mass is 9.77. The summed E-state index contributed by atoms with van der Waals surface area (Å²) in [6.45, 7) is 8.38. The molecule has 21 heavy (non-hydrogen) atoms. The highest BCUT2D eigenvalue weighted by molar-refractivity contribution is 9.10. The number of rotatable bonds is 6. The number of aromatic nitrogens is 2. The molecule has 1 fully saturated rings. The number of nitrogens with zero attached hydrogens (tertiary/aromatic N) is 2. The Hall–Kier alpha value is -0.390. The maximum Gasteiger partial charge on any atom is 0.0767 e. The second kappa shape index (κ2) is 7.25. The molecule has 2 N–H and O–H groups in total. The molecule has 1 heterocycles. The van der Waals surface area contributed by atoms with Crippen LogP contribution in [-0.4, -0.2) is 27.0 Å². The summed E-state index contributed by atoms with van der Waals surface area (Å²) in [4.78, 5) is 0. The Morgan fingerprint density at radius 3 is 2.81 bits per heavy atom. The van der Waals surface area contributed by atoms with Gasteiger partial charge in [0.2, 0.25) is 0 Å². The Bertz CT molecular complexity index is 474. The fourth-order valence-electron chi connectivity index (χ4n) is 3.48. The predicted molar refractivity (Wildman–Crippen MR) is 89.3 cm³/mol. The van der Waals surface area contributed by atoms with Gasteiger partial charge in [0, 0.05) is 18.6 Å². The number of hydrogen-bond donors (Lipinski definition) is 2. The van der Waals surface area contributed by atoms with Crippen LogP contribution in [0.3, 0.4) is 0 Å². The van der Waals surface area contributed by atoms with Crippen molar-refractivity contribution in [3.8, 4) is 0 Å². The van der Waals surface area contributed by atoms with Crippen molar-refractivity contribution in [2.75, 3.05) is 6.61 Å². The molecule has 120 valence electrons. The van der Waals surface area contributed by atoms with Crippen LogP contribution in [0.15, 0.2) is 4.47 Å². The van der Waals surface area contributed by atoms with Crippen LogP contribution < -0.4 is 5.32 Å². The molecule has 2 rings (SSSR count). The van der Waals surface area contributed by atoms with Gasteiger partial charge >= 0.3 is 0 Å². The zero-order valence-electron chi connectivity index (χ0n) is 13.5. The third kappa shape index (κ3) is 3.69. The van der Waals surface area contributed by atoms with Gasteiger partial charge < -0.3 is 10.4 Å². The van der Waals surface area contributed by atoms with E-state index in [-0.39, 0.29) is 12.1 Å². The zero-order valence-corrected chi connectivity index (χ0v) is 15.0. The normalized spacial score (nSPS) is 26.2. The molecular weight excluding hydrogens is 330 g/mol. The van der Waals surface area contributed by atoms with Gasteiger partial charge in [-0.1, -0.05) is 26.7 Å². The molecule has 0 radical (unpaired) electrons. The fraction of sp³-hybridized carbons (Fsp3) is 0.812. The Morgan fingerprint density at radius 2 is 2.24 bits per heavy atom. The molecule has 1 aliphatic carbocycles. The van der Waals surface area contributed by atoms with Crippen molar-refractivity contribution in [1.82, 2.24) is 15.1 Å². The van der Waals surface area contributed by atoms with Crippen molar-refractivity contribution in [2.24, 2.45) is 5.92 Å². The van der Waals surface area contributed by atoms with Crippen LogP contribution in [-0.2, 0) is 19.5 Å². The summed E-state index contributed by atoms with van der Waals surface area (Å²) in [6, 6.07) is 0. The summed E-state index contributed by atoms with van der Waals surface area (Å²) in [6.07, 6.45) is 5.53. The molecular formula is C16H28BrN3O. The van der Waals surface area contributed by atoms with E-state index in [1.165, 1.54) is 18.5 Å². The first-order valence-electron chi connectivity index (χ1n) is 8.15. The minimum Gasteiger partial charge on any atom is -0.394 e. The smallest absolute Gasteiger partial charge is 0.0767 e. The van der Waals surface area contributed by atoms with Crippen LogP contribution in [0.5, 0.6) is 0 Å². The van der Waals surface area contributed by atoms with E-state index < -0.39 is 0 Å². The van der Waals surface area contributed by atoms with E-state index in [0.717, 1.165) is 42.5 Å². The Kier molecular flexibility index (Phi) is 5.86. The summed E-state index contributed by atoms with van der Waals surface area (Å²) < 4.78 is 3.18. The Morgan fingerprint density at radius 1 is 1.48 bits per heavy atom. The molecule has 1 aromatic heterocycles. The quantitative estimate of drug-likeness (QED) is 0.821. The highest BCUT2D eigenvalue weighted by Gasteiger charge is 2.34. The average molecular weight is 358 g/mol. The highest BCUT2D eigenvalue weighted by Crippen LogP contribution is 2.33. The first-order chi connectivity index (χ1) is 10.0. The van der Waals surface area contributed by atoms with E-state index in [4.69, 9.17) is 0 Å². The maximum atomic E-state index is 9.89. The molecule has 2 unspecified atom stereocenters. The molecule has 0 amide bonds. The molecule has 0 aliphatic heterocycles. The summed E-state index contributed by atoms with van der Waals surface area (Å²) in [5.74, 6) is 0.684. The standard InChI is InChI=1S/C16H28BrN3O/c1-4-13-15(17)14(20(5-2)19-13)10-18-16(11-21)8-6-7-12(3)9-16/h12,18,21H,4-11H2,1-3H3. The predicted octanol–water partition coefficient (Wildman–Crippen LogP) is 3.26. The number of aliphatic hydroxyl groups excluding tert-OH is 1. The second-order valence-electron chi connectivity index (χ2n) is 6.37. The van der Waals surface area contributed by atoms with E-state index in [9.17, 15) is 5.11 Å². The first-order valence-corrected chi connectivity index (χ1v) is 8.94. The molecule has 0 saturated heterocycles. The van der Waals surface area contributed by atoms with Crippen molar-refractivity contribution in [3.05, 3.63) is 15.9 Å². The third-order valence-corrected chi connectivity index (χ3v) is 5.63. The second-order valence-corrected chi connectivity index (χ2v) is 7.16. The van der Waals surface area contributed by atoms with Crippen molar-refractivity contribution >= 4 is 15.9 Å². The number of hydrogen-bond acceptors (Lipinski definition) is 3. The fourth-order valence-corrected chi connectivity index (χ4v) is 4.18. The molecule has 4 nitrogen and oxygen atoms in total. The van der Waals surface area contributed by atoms with E-state index >= 15 is 0 Å². The number of aryl methyl sites for hydroxylation is 2. The summed E-state index contributed by atoms with van der Waals surface area (Å²) in [5, 5.41) is 18.2. The van der Waals surface area contributed by atoms with Crippen LogP contribution in [0, 0.1) is 5.92 Å². The topological polar surface area (TPSA) is 50.1 Å². The minimum absolute atomic E-state index is 0.119. The van der Waals surface area contributed by atoms with E-state index in [0.29, 0.717) is 5.92 Å². The van der Waals surface area contributed by atoms with E-state index in [1.807, 2.05) is 0 Å². The van der Waals surface area contributed by atoms with Gasteiger partial charge in [0.1, 0.15) is 0 Å². The van der Waals surface area contributed by atoms with Crippen LogP contribution >= 0.6 is 15.9 Å². The SMILES string of the molecule is CCc1nn(CC)c(CNC2(CO)CCCC(C)C2)c1Br. The lowest BCUT2D eigenvalue weighted by Gasteiger charge is -2.39. The number of aliphatic hydroxyl groups is 1. The van der Waals surface area contributed by atoms with Gasteiger partial charge in [-0.15, -0.1) is 0 Å². The minimum atomic E-state index is -0.119. The molecule has 1 aliphatic rings. The van der Waals surface area contributed by atoms with Crippen molar-refractivity contribution in [3.63, 3.8) is 0 Å². The largest absolute Gasteiger partial charge is 0.394 e. The van der Waals surface area contributed by atoms with Crippen LogP contribution in [0.25, 0.3) is 0 Å². The van der Waals surface area contributed by atoms with Crippen molar-refractivity contribution in [1.29, 1.82) is 0 Å². The van der Waals surface area contributed by atoms with Gasteiger partial charge in [-0.05, 0) is 48.0 Å².